The minimum atomic E-state index is -4.71. The summed E-state index contributed by atoms with van der Waals surface area (Å²) in [5.74, 6) is -0.957. The third-order valence-electron chi connectivity index (χ3n) is 5.50. The molecule has 0 rings (SSSR count). The maximum Gasteiger partial charge on any atom is 0.469 e. The van der Waals surface area contributed by atoms with Gasteiger partial charge in [0.1, 0.15) is 6.61 Å². The van der Waals surface area contributed by atoms with Crippen LogP contribution >= 0.6 is 7.82 Å². The number of ether oxygens (including phenoxy) is 2. The van der Waals surface area contributed by atoms with Crippen molar-refractivity contribution in [2.24, 2.45) is 0 Å². The second-order valence-electron chi connectivity index (χ2n) is 9.02. The number of carbonyl (C=O) groups is 2. The van der Waals surface area contributed by atoms with Crippen molar-refractivity contribution in [2.75, 3.05) is 13.2 Å². The van der Waals surface area contributed by atoms with Crippen molar-refractivity contribution in [2.45, 2.75) is 129 Å². The Morgan fingerprint density at radius 1 is 0.714 bits per heavy atom. The molecule has 0 radical (unpaired) electrons. The molecular formula is C26H49O8P. The summed E-state index contributed by atoms with van der Waals surface area (Å²) in [6, 6.07) is 0. The molecule has 8 nitrogen and oxygen atoms in total. The van der Waals surface area contributed by atoms with Crippen molar-refractivity contribution in [1.82, 2.24) is 0 Å². The molecule has 0 aliphatic rings. The molecule has 0 heterocycles. The molecular weight excluding hydrogens is 471 g/mol. The number of unbranched alkanes of at least 4 members (excludes halogenated alkanes) is 12. The Morgan fingerprint density at radius 3 is 1.80 bits per heavy atom. The molecule has 2 N–H and O–H groups in total. The fraction of sp³-hybridized carbons (Fsp3) is 0.846. The highest BCUT2D eigenvalue weighted by Crippen LogP contribution is 2.35. The van der Waals surface area contributed by atoms with Gasteiger partial charge in [-0.05, 0) is 38.5 Å². The highest BCUT2D eigenvalue weighted by atomic mass is 31.2. The van der Waals surface area contributed by atoms with E-state index in [4.69, 9.17) is 19.3 Å². The van der Waals surface area contributed by atoms with Crippen LogP contribution in [0.1, 0.15) is 123 Å². The first-order valence-electron chi connectivity index (χ1n) is 13.5. The molecule has 206 valence electrons. The van der Waals surface area contributed by atoms with Gasteiger partial charge in [-0.25, -0.2) is 4.57 Å². The van der Waals surface area contributed by atoms with Crippen LogP contribution in [0.5, 0.6) is 0 Å². The normalized spacial score (nSPS) is 12.7. The summed E-state index contributed by atoms with van der Waals surface area (Å²) >= 11 is 0. The Balaban J connectivity index is 3.84. The van der Waals surface area contributed by atoms with Crippen LogP contribution in [0.3, 0.4) is 0 Å². The Kier molecular flexibility index (Phi) is 22.4. The van der Waals surface area contributed by atoms with Crippen molar-refractivity contribution in [3.05, 3.63) is 12.2 Å². The summed E-state index contributed by atoms with van der Waals surface area (Å²) in [6.45, 7) is 3.23. The zero-order valence-corrected chi connectivity index (χ0v) is 22.9. The summed E-state index contributed by atoms with van der Waals surface area (Å²) in [7, 11) is -4.71. The Bertz CT molecular complexity index is 602. The van der Waals surface area contributed by atoms with E-state index in [1.54, 1.807) is 0 Å². The van der Waals surface area contributed by atoms with Gasteiger partial charge in [-0.1, -0.05) is 83.8 Å². The van der Waals surface area contributed by atoms with Crippen LogP contribution in [0.25, 0.3) is 0 Å². The SMILES string of the molecule is CCCCCCCCC/C=C\CCCCCCCC(=O)OC(COC(=O)CCC)COP(=O)(O)O. The second-order valence-corrected chi connectivity index (χ2v) is 10.3. The second kappa shape index (κ2) is 23.2. The average molecular weight is 521 g/mol. The van der Waals surface area contributed by atoms with E-state index in [0.29, 0.717) is 12.8 Å². The Labute approximate surface area is 212 Å². The predicted molar refractivity (Wildman–Crippen MR) is 138 cm³/mol. The molecule has 1 unspecified atom stereocenters. The molecule has 1 atom stereocenters. The van der Waals surface area contributed by atoms with Gasteiger partial charge in [0, 0.05) is 12.8 Å². The zero-order valence-electron chi connectivity index (χ0n) is 22.0. The van der Waals surface area contributed by atoms with Crippen LogP contribution in [0.2, 0.25) is 0 Å². The first-order chi connectivity index (χ1) is 16.8. The maximum absolute atomic E-state index is 12.1. The molecule has 0 aliphatic heterocycles. The molecule has 0 spiro atoms. The van der Waals surface area contributed by atoms with Gasteiger partial charge in [0.15, 0.2) is 6.10 Å². The number of hydrogen-bond acceptors (Lipinski definition) is 6. The summed E-state index contributed by atoms with van der Waals surface area (Å²) in [5.41, 5.74) is 0. The van der Waals surface area contributed by atoms with Crippen LogP contribution < -0.4 is 0 Å². The molecule has 0 bridgehead atoms. The minimum Gasteiger partial charge on any atom is -0.462 e. The van der Waals surface area contributed by atoms with E-state index < -0.39 is 32.5 Å². The van der Waals surface area contributed by atoms with Crippen molar-refractivity contribution in [3.8, 4) is 0 Å². The van der Waals surface area contributed by atoms with Gasteiger partial charge < -0.3 is 19.3 Å². The fourth-order valence-corrected chi connectivity index (χ4v) is 3.88. The highest BCUT2D eigenvalue weighted by Gasteiger charge is 2.22. The van der Waals surface area contributed by atoms with Crippen molar-refractivity contribution in [1.29, 1.82) is 0 Å². The summed E-state index contributed by atoms with van der Waals surface area (Å²) in [5, 5.41) is 0. The standard InChI is InChI=1S/C26H49O8P/c1-3-5-6-7-8-9-10-11-12-13-14-15-16-17-18-19-21-26(28)34-24(23-33-35(29,30)31)22-32-25(27)20-4-2/h12-13,24H,3-11,14-23H2,1-2H3,(H2,29,30,31)/b13-12-. The topological polar surface area (TPSA) is 119 Å². The number of rotatable bonds is 24. The zero-order chi connectivity index (χ0) is 26.2. The molecule has 35 heavy (non-hydrogen) atoms. The van der Waals surface area contributed by atoms with E-state index in [9.17, 15) is 14.2 Å². The maximum atomic E-state index is 12.1. The van der Waals surface area contributed by atoms with Crippen molar-refractivity contribution < 1.29 is 37.9 Å². The molecule has 9 heteroatoms. The number of carbonyl (C=O) groups excluding carboxylic acids is 2. The van der Waals surface area contributed by atoms with Crippen LogP contribution in [0.4, 0.5) is 0 Å². The number of phosphoric ester groups is 1. The molecule has 0 aliphatic carbocycles. The van der Waals surface area contributed by atoms with Gasteiger partial charge in [0.05, 0.1) is 6.61 Å². The van der Waals surface area contributed by atoms with Crippen LogP contribution in [0, 0.1) is 0 Å². The summed E-state index contributed by atoms with van der Waals surface area (Å²) < 4.78 is 25.5. The van der Waals surface area contributed by atoms with Crippen LogP contribution in [-0.4, -0.2) is 41.0 Å². The lowest BCUT2D eigenvalue weighted by Crippen LogP contribution is -2.29. The quantitative estimate of drug-likeness (QED) is 0.0619. The largest absolute Gasteiger partial charge is 0.469 e. The molecule has 0 aromatic rings. The van der Waals surface area contributed by atoms with E-state index in [1.807, 2.05) is 6.92 Å². The van der Waals surface area contributed by atoms with Gasteiger partial charge in [-0.2, -0.15) is 0 Å². The number of hydrogen-bond donors (Lipinski definition) is 2. The lowest BCUT2D eigenvalue weighted by molar-refractivity contribution is -0.161. The predicted octanol–water partition coefficient (Wildman–Crippen LogP) is 6.78. The molecule has 0 amide bonds. The van der Waals surface area contributed by atoms with E-state index in [1.165, 1.54) is 51.4 Å². The monoisotopic (exact) mass is 520 g/mol. The van der Waals surface area contributed by atoms with E-state index in [-0.39, 0.29) is 19.4 Å². The first-order valence-corrected chi connectivity index (χ1v) is 15.0. The Hall–Kier alpha value is -1.21. The van der Waals surface area contributed by atoms with Gasteiger partial charge in [0.25, 0.3) is 0 Å². The first kappa shape index (κ1) is 33.8. The fourth-order valence-electron chi connectivity index (χ4n) is 3.52. The van der Waals surface area contributed by atoms with Crippen LogP contribution in [0.15, 0.2) is 12.2 Å². The van der Waals surface area contributed by atoms with Gasteiger partial charge in [0.2, 0.25) is 0 Å². The molecule has 0 aromatic carbocycles. The van der Waals surface area contributed by atoms with E-state index >= 15 is 0 Å². The van der Waals surface area contributed by atoms with E-state index in [0.717, 1.165) is 32.1 Å². The summed E-state index contributed by atoms with van der Waals surface area (Å²) in [4.78, 5) is 41.3. The number of phosphoric acid groups is 1. The van der Waals surface area contributed by atoms with Crippen molar-refractivity contribution >= 4 is 19.8 Å². The number of allylic oxidation sites excluding steroid dienone is 2. The van der Waals surface area contributed by atoms with Crippen LogP contribution in [-0.2, 0) is 28.2 Å². The van der Waals surface area contributed by atoms with Gasteiger partial charge in [-0.3, -0.25) is 14.1 Å². The molecule has 0 saturated heterocycles. The van der Waals surface area contributed by atoms with Gasteiger partial charge >= 0.3 is 19.8 Å². The Morgan fingerprint density at radius 2 is 1.26 bits per heavy atom. The van der Waals surface area contributed by atoms with Gasteiger partial charge in [-0.15, -0.1) is 0 Å². The third-order valence-corrected chi connectivity index (χ3v) is 5.99. The lowest BCUT2D eigenvalue weighted by Gasteiger charge is -2.18. The molecule has 0 aromatic heterocycles. The minimum absolute atomic E-state index is 0.202. The lowest BCUT2D eigenvalue weighted by atomic mass is 10.1. The smallest absolute Gasteiger partial charge is 0.462 e. The van der Waals surface area contributed by atoms with Crippen molar-refractivity contribution in [3.63, 3.8) is 0 Å². The number of esters is 2. The average Bonchev–Trinajstić information content (AvgIpc) is 2.80. The van der Waals surface area contributed by atoms with E-state index in [2.05, 4.69) is 23.6 Å². The molecule has 0 fully saturated rings. The third kappa shape index (κ3) is 25.7. The summed E-state index contributed by atoms with van der Waals surface area (Å²) in [6.07, 6.45) is 21.1. The highest BCUT2D eigenvalue weighted by molar-refractivity contribution is 7.46. The molecule has 0 saturated carbocycles.